The lowest BCUT2D eigenvalue weighted by Gasteiger charge is -2.28. The molecule has 1 saturated heterocycles. The van der Waals surface area contributed by atoms with E-state index in [1.165, 1.54) is 0 Å². The van der Waals surface area contributed by atoms with Crippen LogP contribution in [-0.2, 0) is 22.4 Å². The summed E-state index contributed by atoms with van der Waals surface area (Å²) < 4.78 is 27.4. The Bertz CT molecular complexity index is 976. The van der Waals surface area contributed by atoms with Gasteiger partial charge in [-0.1, -0.05) is 0 Å². The van der Waals surface area contributed by atoms with Gasteiger partial charge in [0.15, 0.2) is 5.82 Å². The summed E-state index contributed by atoms with van der Waals surface area (Å²) >= 11 is -0.533. The van der Waals surface area contributed by atoms with Crippen molar-refractivity contribution < 1.29 is 13.5 Å². The number of thiophene rings is 1. The molecule has 10 heteroatoms. The first-order valence-electron chi connectivity index (χ1n) is 8.88. The molecule has 0 bridgehead atoms. The molecular weight excluding hydrogens is 398 g/mol. The number of morpholine rings is 1. The highest BCUT2D eigenvalue weighted by molar-refractivity contribution is 7.79. The fourth-order valence-electron chi connectivity index (χ4n) is 3.17. The predicted molar refractivity (Wildman–Crippen MR) is 109 cm³/mol. The molecular formula is C18H20N5O3S2-. The quantitative estimate of drug-likeness (QED) is 0.560. The Balaban J connectivity index is 1.75. The number of hydrogen-bond donors (Lipinski definition) is 0. The maximum absolute atomic E-state index is 10.9. The number of rotatable bonds is 6. The predicted octanol–water partition coefficient (Wildman–Crippen LogP) is 1.86. The average molecular weight is 419 g/mol. The molecule has 0 N–H and O–H groups in total. The molecule has 148 valence electrons. The van der Waals surface area contributed by atoms with E-state index in [1.807, 2.05) is 12.1 Å². The van der Waals surface area contributed by atoms with Gasteiger partial charge in [-0.05, 0) is 36.3 Å². The van der Waals surface area contributed by atoms with E-state index in [4.69, 9.17) is 14.7 Å². The number of fused-ring (bicyclic) bond motifs is 1. The molecule has 0 aromatic carbocycles. The Morgan fingerprint density at radius 2 is 2.18 bits per heavy atom. The van der Waals surface area contributed by atoms with E-state index >= 15 is 0 Å². The second-order valence-corrected chi connectivity index (χ2v) is 8.57. The fourth-order valence-corrected chi connectivity index (χ4v) is 4.72. The van der Waals surface area contributed by atoms with Crippen molar-refractivity contribution in [2.24, 2.45) is 0 Å². The maximum atomic E-state index is 10.9. The van der Waals surface area contributed by atoms with Gasteiger partial charge in [-0.3, -0.25) is 14.1 Å². The minimum absolute atomic E-state index is 0.00280. The largest absolute Gasteiger partial charge is 0.771 e. The Morgan fingerprint density at radius 1 is 1.36 bits per heavy atom. The third-order valence-corrected chi connectivity index (χ3v) is 6.07. The van der Waals surface area contributed by atoms with Crippen LogP contribution in [0.1, 0.15) is 4.88 Å². The van der Waals surface area contributed by atoms with Gasteiger partial charge >= 0.3 is 0 Å². The van der Waals surface area contributed by atoms with Crippen molar-refractivity contribution >= 4 is 38.5 Å². The van der Waals surface area contributed by atoms with Gasteiger partial charge in [0.1, 0.15) is 10.6 Å². The lowest BCUT2D eigenvalue weighted by molar-refractivity contribution is 0.122. The zero-order valence-corrected chi connectivity index (χ0v) is 17.0. The lowest BCUT2D eigenvalue weighted by Crippen LogP contribution is -2.37. The molecule has 0 amide bonds. The zero-order valence-electron chi connectivity index (χ0n) is 15.4. The minimum Gasteiger partial charge on any atom is -0.771 e. The highest BCUT2D eigenvalue weighted by Gasteiger charge is 2.20. The number of aromatic nitrogens is 3. The van der Waals surface area contributed by atoms with Crippen molar-refractivity contribution in [2.75, 3.05) is 44.1 Å². The molecule has 4 rings (SSSR count). The molecule has 1 aliphatic heterocycles. The van der Waals surface area contributed by atoms with Crippen molar-refractivity contribution in [3.8, 4) is 11.4 Å². The van der Waals surface area contributed by atoms with Crippen LogP contribution in [0, 0.1) is 0 Å². The van der Waals surface area contributed by atoms with Gasteiger partial charge in [-0.25, -0.2) is 9.97 Å². The van der Waals surface area contributed by atoms with Gasteiger partial charge in [-0.2, -0.15) is 0 Å². The topological polar surface area (TPSA) is 94.5 Å². The first-order chi connectivity index (χ1) is 13.6. The molecule has 4 heterocycles. The number of hydrogen-bond acceptors (Lipinski definition) is 9. The van der Waals surface area contributed by atoms with Crippen molar-refractivity contribution in [3.63, 3.8) is 0 Å². The van der Waals surface area contributed by atoms with E-state index in [0.717, 1.165) is 39.6 Å². The van der Waals surface area contributed by atoms with Gasteiger partial charge in [0, 0.05) is 42.5 Å². The van der Waals surface area contributed by atoms with Crippen LogP contribution in [0.3, 0.4) is 0 Å². The average Bonchev–Trinajstić information content (AvgIpc) is 3.10. The Morgan fingerprint density at radius 3 is 2.89 bits per heavy atom. The summed E-state index contributed by atoms with van der Waals surface area (Å²) in [5.41, 5.74) is 0.868. The van der Waals surface area contributed by atoms with E-state index < -0.39 is 11.1 Å². The summed E-state index contributed by atoms with van der Waals surface area (Å²) in [7, 11) is 1.79. The van der Waals surface area contributed by atoms with E-state index in [2.05, 4.69) is 16.0 Å². The smallest absolute Gasteiger partial charge is 0.164 e. The summed E-state index contributed by atoms with van der Waals surface area (Å²) in [6.07, 6.45) is 3.49. The Kier molecular flexibility index (Phi) is 5.93. The summed E-state index contributed by atoms with van der Waals surface area (Å²) in [4.78, 5) is 19.7. The van der Waals surface area contributed by atoms with Crippen molar-refractivity contribution in [3.05, 3.63) is 35.5 Å². The highest BCUT2D eigenvalue weighted by Crippen LogP contribution is 2.34. The molecule has 3 aromatic heterocycles. The van der Waals surface area contributed by atoms with Gasteiger partial charge in [0.05, 0.1) is 24.5 Å². The molecule has 3 aromatic rings. The Labute approximate surface area is 169 Å². The van der Waals surface area contributed by atoms with Crippen LogP contribution in [0.15, 0.2) is 30.6 Å². The molecule has 1 unspecified atom stereocenters. The second-order valence-electron chi connectivity index (χ2n) is 6.59. The molecule has 0 spiro atoms. The van der Waals surface area contributed by atoms with E-state index in [-0.39, 0.29) is 5.88 Å². The molecule has 1 fully saturated rings. The normalized spacial score (nSPS) is 16.0. The molecule has 1 atom stereocenters. The zero-order chi connectivity index (χ0) is 19.5. The molecule has 1 aliphatic rings. The van der Waals surface area contributed by atoms with E-state index in [0.29, 0.717) is 25.6 Å². The molecule has 0 saturated carbocycles. The third kappa shape index (κ3) is 4.36. The van der Waals surface area contributed by atoms with Crippen LogP contribution in [0.2, 0.25) is 0 Å². The van der Waals surface area contributed by atoms with Crippen molar-refractivity contribution in [1.29, 1.82) is 0 Å². The van der Waals surface area contributed by atoms with Crippen LogP contribution in [0.25, 0.3) is 21.6 Å². The van der Waals surface area contributed by atoms with Crippen LogP contribution in [0.4, 0.5) is 5.82 Å². The van der Waals surface area contributed by atoms with Crippen LogP contribution >= 0.6 is 11.3 Å². The SMILES string of the molecule is CN(Cc1cc2c(N3CCOCC3)nc(-c3cccnc3)nc2s1)CS(=O)[O-]. The van der Waals surface area contributed by atoms with Crippen molar-refractivity contribution in [1.82, 2.24) is 19.9 Å². The van der Waals surface area contributed by atoms with E-state index in [1.54, 1.807) is 35.7 Å². The first kappa shape index (κ1) is 19.3. The monoisotopic (exact) mass is 418 g/mol. The van der Waals surface area contributed by atoms with E-state index in [9.17, 15) is 8.76 Å². The number of nitrogens with zero attached hydrogens (tertiary/aromatic N) is 5. The van der Waals surface area contributed by atoms with Crippen molar-refractivity contribution in [2.45, 2.75) is 6.54 Å². The van der Waals surface area contributed by atoms with Gasteiger partial charge in [0.2, 0.25) is 0 Å². The van der Waals surface area contributed by atoms with Gasteiger partial charge in [0.25, 0.3) is 0 Å². The van der Waals surface area contributed by atoms with Crippen LogP contribution in [0.5, 0.6) is 0 Å². The summed E-state index contributed by atoms with van der Waals surface area (Å²) in [5, 5.41) is 0.992. The minimum atomic E-state index is -2.10. The van der Waals surface area contributed by atoms with Crippen LogP contribution < -0.4 is 4.90 Å². The number of ether oxygens (including phenoxy) is 1. The second kappa shape index (κ2) is 8.58. The Hall–Kier alpha value is -1.98. The molecule has 8 nitrogen and oxygen atoms in total. The molecule has 0 aliphatic carbocycles. The van der Waals surface area contributed by atoms with Gasteiger partial charge < -0.3 is 14.2 Å². The van der Waals surface area contributed by atoms with Crippen LogP contribution in [-0.4, -0.2) is 67.8 Å². The lowest BCUT2D eigenvalue weighted by atomic mass is 10.2. The summed E-state index contributed by atoms with van der Waals surface area (Å²) in [5.74, 6) is 1.53. The molecule has 0 radical (unpaired) electrons. The van der Waals surface area contributed by atoms with Gasteiger partial charge in [-0.15, -0.1) is 11.3 Å². The summed E-state index contributed by atoms with van der Waals surface area (Å²) in [6.45, 7) is 3.43. The standard InChI is InChI=1S/C18H21N5O3S2/c1-22(12-28(24)25)11-14-9-15-17(23-5-7-26-8-6-23)20-16(21-18(15)27-14)13-3-2-4-19-10-13/h2-4,9-10H,5-8,11-12H2,1H3,(H,24,25)/p-1. The number of anilines is 1. The molecule has 28 heavy (non-hydrogen) atoms. The maximum Gasteiger partial charge on any atom is 0.164 e. The number of pyridine rings is 1. The first-order valence-corrected chi connectivity index (χ1v) is 10.9. The fraction of sp³-hybridized carbons (Fsp3) is 0.389. The third-order valence-electron chi connectivity index (χ3n) is 4.41. The highest BCUT2D eigenvalue weighted by atomic mass is 32.2. The summed E-state index contributed by atoms with van der Waals surface area (Å²) in [6, 6.07) is 5.89.